The molecule has 1 fully saturated rings. The molecule has 0 aliphatic carbocycles. The molecule has 2 amide bonds. The number of hydrogen-bond acceptors (Lipinski definition) is 6. The topological polar surface area (TPSA) is 97.3 Å². The second-order valence-corrected chi connectivity index (χ2v) is 6.31. The van der Waals surface area contributed by atoms with Crippen molar-refractivity contribution in [1.82, 2.24) is 20.0 Å². The van der Waals surface area contributed by atoms with Gasteiger partial charge in [0, 0.05) is 31.8 Å². The zero-order valence-corrected chi connectivity index (χ0v) is 14.2. The van der Waals surface area contributed by atoms with E-state index in [4.69, 9.17) is 8.94 Å². The average molecular weight is 341 g/mol. The van der Waals surface area contributed by atoms with Gasteiger partial charge in [0.1, 0.15) is 5.52 Å². The maximum atomic E-state index is 12.6. The Hall–Kier alpha value is -2.90. The quantitative estimate of drug-likeness (QED) is 0.768. The third-order valence-electron chi connectivity index (χ3n) is 4.35. The number of aryl methyl sites for hydroxylation is 2. The molecular weight excluding hydrogens is 322 g/mol. The summed E-state index contributed by atoms with van der Waals surface area (Å²) in [6.45, 7) is 4.86. The highest BCUT2D eigenvalue weighted by Gasteiger charge is 2.28. The molecule has 1 aromatic carbocycles. The zero-order chi connectivity index (χ0) is 17.4. The van der Waals surface area contributed by atoms with Crippen molar-refractivity contribution in [2.75, 3.05) is 18.4 Å². The van der Waals surface area contributed by atoms with Gasteiger partial charge < -0.3 is 19.2 Å². The molecule has 1 N–H and O–H groups in total. The number of benzene rings is 1. The van der Waals surface area contributed by atoms with Crippen LogP contribution < -0.4 is 5.32 Å². The Morgan fingerprint density at radius 2 is 2.20 bits per heavy atom. The first kappa shape index (κ1) is 15.6. The third kappa shape index (κ3) is 3.19. The molecule has 1 atom stereocenters. The molecule has 0 spiro atoms. The minimum Gasteiger partial charge on any atom is -0.441 e. The van der Waals surface area contributed by atoms with Gasteiger partial charge in [-0.15, -0.1) is 0 Å². The number of nitrogens with zero attached hydrogens (tertiary/aromatic N) is 4. The molecule has 2 aromatic heterocycles. The van der Waals surface area contributed by atoms with E-state index in [1.165, 1.54) is 0 Å². The van der Waals surface area contributed by atoms with Gasteiger partial charge >= 0.3 is 6.03 Å². The molecular formula is C17H19N5O3. The summed E-state index contributed by atoms with van der Waals surface area (Å²) in [4.78, 5) is 22.9. The Balaban J connectivity index is 1.45. The molecule has 8 nitrogen and oxygen atoms in total. The monoisotopic (exact) mass is 341 g/mol. The van der Waals surface area contributed by atoms with E-state index in [9.17, 15) is 4.79 Å². The van der Waals surface area contributed by atoms with Gasteiger partial charge in [-0.25, -0.2) is 9.78 Å². The van der Waals surface area contributed by atoms with Gasteiger partial charge in [0.05, 0.1) is 5.92 Å². The van der Waals surface area contributed by atoms with Crippen LogP contribution in [0.4, 0.5) is 10.5 Å². The largest absolute Gasteiger partial charge is 0.441 e. The van der Waals surface area contributed by atoms with Crippen molar-refractivity contribution in [3.05, 3.63) is 35.8 Å². The molecule has 25 heavy (non-hydrogen) atoms. The van der Waals surface area contributed by atoms with Crippen LogP contribution in [0, 0.1) is 13.8 Å². The van der Waals surface area contributed by atoms with Crippen molar-refractivity contribution in [2.45, 2.75) is 32.6 Å². The summed E-state index contributed by atoms with van der Waals surface area (Å²) in [6.07, 6.45) is 1.84. The van der Waals surface area contributed by atoms with Gasteiger partial charge in [-0.2, -0.15) is 4.98 Å². The fourth-order valence-corrected chi connectivity index (χ4v) is 3.16. The molecule has 1 aliphatic heterocycles. The van der Waals surface area contributed by atoms with Crippen molar-refractivity contribution in [3.63, 3.8) is 0 Å². The SMILES string of the molecule is Cc1noc([C@@H]2CCCN(C(=O)Nc3ccc4nc(C)oc4c3)C2)n1. The number of rotatable bonds is 2. The summed E-state index contributed by atoms with van der Waals surface area (Å²) in [5.41, 5.74) is 2.12. The van der Waals surface area contributed by atoms with Crippen molar-refractivity contribution >= 4 is 22.8 Å². The number of fused-ring (bicyclic) bond motifs is 1. The summed E-state index contributed by atoms with van der Waals surface area (Å²) in [5.74, 6) is 1.91. The zero-order valence-electron chi connectivity index (χ0n) is 14.2. The molecule has 0 radical (unpaired) electrons. The van der Waals surface area contributed by atoms with Gasteiger partial charge in [0.25, 0.3) is 0 Å². The standard InChI is InChI=1S/C17H19N5O3/c1-10-18-16(25-21-10)12-4-3-7-22(9-12)17(23)20-13-5-6-14-15(8-13)24-11(2)19-14/h5-6,8,12H,3-4,7,9H2,1-2H3,(H,20,23)/t12-/m1/s1. The highest BCUT2D eigenvalue weighted by Crippen LogP contribution is 2.26. The Bertz CT molecular complexity index is 916. The maximum absolute atomic E-state index is 12.6. The molecule has 3 aromatic rings. The van der Waals surface area contributed by atoms with E-state index >= 15 is 0 Å². The number of carbonyl (C=O) groups excluding carboxylic acids is 1. The van der Waals surface area contributed by atoms with Crippen molar-refractivity contribution in [2.24, 2.45) is 0 Å². The highest BCUT2D eigenvalue weighted by molar-refractivity contribution is 5.91. The minimum atomic E-state index is -0.142. The minimum absolute atomic E-state index is 0.0834. The van der Waals surface area contributed by atoms with Gasteiger partial charge in [-0.3, -0.25) is 0 Å². The maximum Gasteiger partial charge on any atom is 0.321 e. The predicted octanol–water partition coefficient (Wildman–Crippen LogP) is 3.24. The van der Waals surface area contributed by atoms with Crippen molar-refractivity contribution in [3.8, 4) is 0 Å². The van der Waals surface area contributed by atoms with Crippen LogP contribution in [-0.4, -0.2) is 39.1 Å². The lowest BCUT2D eigenvalue weighted by Gasteiger charge is -2.31. The Morgan fingerprint density at radius 3 is 3.00 bits per heavy atom. The molecule has 130 valence electrons. The molecule has 3 heterocycles. The molecule has 8 heteroatoms. The van der Waals surface area contributed by atoms with Gasteiger partial charge in [-0.1, -0.05) is 5.16 Å². The fraction of sp³-hybridized carbons (Fsp3) is 0.412. The number of carbonyl (C=O) groups is 1. The summed E-state index contributed by atoms with van der Waals surface area (Å²) in [5, 5.41) is 6.76. The number of hydrogen-bond donors (Lipinski definition) is 1. The van der Waals surface area contributed by atoms with E-state index < -0.39 is 0 Å². The number of piperidine rings is 1. The lowest BCUT2D eigenvalue weighted by atomic mass is 9.98. The van der Waals surface area contributed by atoms with Crippen LogP contribution in [0.3, 0.4) is 0 Å². The Morgan fingerprint density at radius 1 is 1.32 bits per heavy atom. The third-order valence-corrected chi connectivity index (χ3v) is 4.35. The number of amides is 2. The highest BCUT2D eigenvalue weighted by atomic mass is 16.5. The molecule has 0 saturated carbocycles. The van der Waals surface area contributed by atoms with E-state index in [-0.39, 0.29) is 11.9 Å². The molecule has 0 bridgehead atoms. The molecule has 4 rings (SSSR count). The van der Waals surface area contributed by atoms with Crippen molar-refractivity contribution < 1.29 is 13.7 Å². The van der Waals surface area contributed by atoms with E-state index in [0.717, 1.165) is 18.4 Å². The van der Waals surface area contributed by atoms with Crippen LogP contribution in [0.1, 0.15) is 36.4 Å². The Kier molecular flexibility index (Phi) is 3.87. The van der Waals surface area contributed by atoms with Crippen LogP contribution >= 0.6 is 0 Å². The normalized spacial score (nSPS) is 17.8. The van der Waals surface area contributed by atoms with Crippen LogP contribution in [0.25, 0.3) is 11.1 Å². The first-order chi connectivity index (χ1) is 12.1. The lowest BCUT2D eigenvalue weighted by molar-refractivity contribution is 0.184. The van der Waals surface area contributed by atoms with Crippen molar-refractivity contribution in [1.29, 1.82) is 0 Å². The van der Waals surface area contributed by atoms with Gasteiger partial charge in [0.15, 0.2) is 17.3 Å². The summed E-state index contributed by atoms with van der Waals surface area (Å²) >= 11 is 0. The van der Waals surface area contributed by atoms with Gasteiger partial charge in [-0.05, 0) is 31.9 Å². The summed E-state index contributed by atoms with van der Waals surface area (Å²) < 4.78 is 10.8. The number of urea groups is 1. The number of oxazole rings is 1. The fourth-order valence-electron chi connectivity index (χ4n) is 3.16. The van der Waals surface area contributed by atoms with Gasteiger partial charge in [0.2, 0.25) is 5.89 Å². The first-order valence-corrected chi connectivity index (χ1v) is 8.32. The van der Waals surface area contributed by atoms with Crippen LogP contribution in [0.2, 0.25) is 0 Å². The number of likely N-dealkylation sites (tertiary alicyclic amines) is 1. The second kappa shape index (κ2) is 6.19. The number of aromatic nitrogens is 3. The van der Waals surface area contributed by atoms with Crippen LogP contribution in [0.15, 0.2) is 27.1 Å². The van der Waals surface area contributed by atoms with E-state index in [1.54, 1.807) is 24.8 Å². The lowest BCUT2D eigenvalue weighted by Crippen LogP contribution is -2.41. The molecule has 0 unspecified atom stereocenters. The number of nitrogens with one attached hydrogen (secondary N) is 1. The predicted molar refractivity (Wildman–Crippen MR) is 90.3 cm³/mol. The van der Waals surface area contributed by atoms with Crippen LogP contribution in [-0.2, 0) is 0 Å². The van der Waals surface area contributed by atoms with E-state index in [2.05, 4.69) is 20.4 Å². The summed E-state index contributed by atoms with van der Waals surface area (Å²) in [6, 6.07) is 5.31. The molecule has 1 saturated heterocycles. The molecule has 1 aliphatic rings. The average Bonchev–Trinajstić information content (AvgIpc) is 3.19. The Labute approximate surface area is 144 Å². The second-order valence-electron chi connectivity index (χ2n) is 6.31. The van der Waals surface area contributed by atoms with E-state index in [1.807, 2.05) is 12.1 Å². The first-order valence-electron chi connectivity index (χ1n) is 8.32. The smallest absolute Gasteiger partial charge is 0.321 e. The number of anilines is 1. The summed E-state index contributed by atoms with van der Waals surface area (Å²) in [7, 11) is 0. The van der Waals surface area contributed by atoms with E-state index in [0.29, 0.717) is 42.0 Å². The van der Waals surface area contributed by atoms with Crippen LogP contribution in [0.5, 0.6) is 0 Å².